The van der Waals surface area contributed by atoms with Crippen molar-refractivity contribution in [2.75, 3.05) is 0 Å². The summed E-state index contributed by atoms with van der Waals surface area (Å²) < 4.78 is 1.36. The highest BCUT2D eigenvalue weighted by molar-refractivity contribution is 7.23. The molecule has 0 aliphatic carbocycles. The topological polar surface area (TPSA) is 34.9 Å². The quantitative estimate of drug-likeness (QED) is 0.465. The van der Waals surface area contributed by atoms with Crippen LogP contribution >= 0.6 is 34.3 Å². The molecule has 0 radical (unpaired) electrons. The highest BCUT2D eigenvalue weighted by atomic mass is 35.5. The molecular formula is C18H11ClN2OS2. The van der Waals surface area contributed by atoms with Gasteiger partial charge in [0.1, 0.15) is 5.69 Å². The van der Waals surface area contributed by atoms with Gasteiger partial charge in [0, 0.05) is 26.5 Å². The van der Waals surface area contributed by atoms with Crippen molar-refractivity contribution in [3.8, 4) is 20.3 Å². The van der Waals surface area contributed by atoms with Crippen LogP contribution in [0.15, 0.2) is 66.2 Å². The van der Waals surface area contributed by atoms with E-state index in [9.17, 15) is 4.79 Å². The Morgan fingerprint density at radius 2 is 1.75 bits per heavy atom. The van der Waals surface area contributed by atoms with E-state index in [1.807, 2.05) is 18.2 Å². The number of aromatic nitrogens is 2. The van der Waals surface area contributed by atoms with E-state index in [4.69, 9.17) is 11.6 Å². The van der Waals surface area contributed by atoms with Gasteiger partial charge < -0.3 is 0 Å². The predicted octanol–water partition coefficient (Wildman–Crippen LogP) is 5.68. The Morgan fingerprint density at radius 3 is 2.50 bits per heavy atom. The van der Waals surface area contributed by atoms with Gasteiger partial charge in [0.15, 0.2) is 0 Å². The second-order valence-corrected chi connectivity index (χ2v) is 7.57. The van der Waals surface area contributed by atoms with E-state index in [2.05, 4.69) is 22.6 Å². The molecule has 0 atom stereocenters. The summed E-state index contributed by atoms with van der Waals surface area (Å²) in [6.45, 7) is 0. The molecule has 3 nitrogen and oxygen atoms in total. The van der Waals surface area contributed by atoms with Crippen molar-refractivity contribution >= 4 is 40.2 Å². The lowest BCUT2D eigenvalue weighted by Crippen LogP contribution is -2.12. The van der Waals surface area contributed by atoms with Gasteiger partial charge in [0.05, 0.1) is 4.88 Å². The van der Waals surface area contributed by atoms with Crippen LogP contribution in [-0.4, -0.2) is 15.7 Å². The molecule has 0 unspecified atom stereocenters. The number of hydrogen-bond donors (Lipinski definition) is 0. The molecule has 0 amide bonds. The zero-order chi connectivity index (χ0) is 16.5. The molecule has 4 aromatic rings. The summed E-state index contributed by atoms with van der Waals surface area (Å²) >= 11 is 9.24. The molecule has 0 saturated heterocycles. The summed E-state index contributed by atoms with van der Waals surface area (Å²) in [5.41, 5.74) is 1.35. The molecule has 0 bridgehead atoms. The van der Waals surface area contributed by atoms with Crippen molar-refractivity contribution in [2.24, 2.45) is 0 Å². The van der Waals surface area contributed by atoms with Gasteiger partial charge in [-0.15, -0.1) is 22.7 Å². The van der Waals surface area contributed by atoms with Crippen LogP contribution in [0.2, 0.25) is 5.02 Å². The zero-order valence-corrected chi connectivity index (χ0v) is 14.7. The summed E-state index contributed by atoms with van der Waals surface area (Å²) in [6.07, 6.45) is 1.69. The van der Waals surface area contributed by atoms with E-state index in [1.54, 1.807) is 53.1 Å². The predicted molar refractivity (Wildman–Crippen MR) is 100 cm³/mol. The Balaban J connectivity index is 1.61. The first-order chi connectivity index (χ1) is 11.7. The number of nitrogens with zero attached hydrogens (tertiary/aromatic N) is 2. The minimum Gasteiger partial charge on any atom is -0.267 e. The molecule has 6 heteroatoms. The lowest BCUT2D eigenvalue weighted by molar-refractivity contribution is 0.0945. The fourth-order valence-electron chi connectivity index (χ4n) is 2.32. The monoisotopic (exact) mass is 370 g/mol. The van der Waals surface area contributed by atoms with Crippen LogP contribution in [0, 0.1) is 0 Å². The Hall–Kier alpha value is -2.21. The molecule has 3 heterocycles. The van der Waals surface area contributed by atoms with Gasteiger partial charge >= 0.3 is 0 Å². The fraction of sp³-hybridized carbons (Fsp3) is 0. The second-order valence-electron chi connectivity index (χ2n) is 5.10. The molecule has 118 valence electrons. The molecule has 3 aromatic heterocycles. The molecule has 24 heavy (non-hydrogen) atoms. The summed E-state index contributed by atoms with van der Waals surface area (Å²) in [5, 5.41) is 7.09. The summed E-state index contributed by atoms with van der Waals surface area (Å²) in [5.74, 6) is -0.173. The number of carbonyl (C=O) groups is 1. The highest BCUT2D eigenvalue weighted by Gasteiger charge is 2.13. The maximum absolute atomic E-state index is 12.5. The maximum atomic E-state index is 12.5. The number of hydrogen-bond acceptors (Lipinski definition) is 4. The van der Waals surface area contributed by atoms with Gasteiger partial charge in [-0.1, -0.05) is 17.7 Å². The average Bonchev–Trinajstić information content (AvgIpc) is 3.33. The molecule has 0 aliphatic rings. The average molecular weight is 371 g/mol. The Bertz CT molecular complexity index is 984. The SMILES string of the molecule is O=C(c1ccc(Cl)cc1)n1ccc(-c2ccc(-c3cccs3)s2)n1. The minimum atomic E-state index is -0.173. The number of rotatable bonds is 3. The molecule has 0 N–H and O–H groups in total. The third kappa shape index (κ3) is 2.94. The molecule has 0 fully saturated rings. The third-order valence-electron chi connectivity index (χ3n) is 3.51. The van der Waals surface area contributed by atoms with Crippen LogP contribution < -0.4 is 0 Å². The number of benzene rings is 1. The molecule has 0 spiro atoms. The minimum absolute atomic E-state index is 0.173. The maximum Gasteiger partial charge on any atom is 0.278 e. The van der Waals surface area contributed by atoms with Crippen molar-refractivity contribution in [2.45, 2.75) is 0 Å². The number of carbonyl (C=O) groups excluding carboxylic acids is 1. The number of halogens is 1. The van der Waals surface area contributed by atoms with Crippen molar-refractivity contribution in [1.82, 2.24) is 9.78 Å². The van der Waals surface area contributed by atoms with E-state index in [0.717, 1.165) is 10.6 Å². The third-order valence-corrected chi connectivity index (χ3v) is 5.94. The van der Waals surface area contributed by atoms with E-state index < -0.39 is 0 Å². The standard InChI is InChI=1S/C18H11ClN2OS2/c19-13-5-3-12(4-6-13)18(22)21-10-9-14(20-21)15-7-8-17(24-15)16-2-1-11-23-16/h1-11H. The first kappa shape index (κ1) is 15.3. The Kier molecular flexibility index (Phi) is 4.06. The molecule has 0 saturated carbocycles. The van der Waals surface area contributed by atoms with Gasteiger partial charge in [-0.2, -0.15) is 5.10 Å². The molecule has 0 aliphatic heterocycles. The van der Waals surface area contributed by atoms with E-state index >= 15 is 0 Å². The second kappa shape index (κ2) is 6.36. The van der Waals surface area contributed by atoms with Crippen molar-refractivity contribution < 1.29 is 4.79 Å². The normalized spacial score (nSPS) is 10.9. The van der Waals surface area contributed by atoms with Gasteiger partial charge in [-0.05, 0) is 53.9 Å². The van der Waals surface area contributed by atoms with Crippen LogP contribution in [-0.2, 0) is 0 Å². The van der Waals surface area contributed by atoms with Gasteiger partial charge in [0.25, 0.3) is 5.91 Å². The van der Waals surface area contributed by atoms with Crippen molar-refractivity contribution in [3.05, 3.63) is 76.8 Å². The van der Waals surface area contributed by atoms with E-state index in [0.29, 0.717) is 10.6 Å². The van der Waals surface area contributed by atoms with Crippen molar-refractivity contribution in [1.29, 1.82) is 0 Å². The molecule has 1 aromatic carbocycles. The Morgan fingerprint density at radius 1 is 0.958 bits per heavy atom. The highest BCUT2D eigenvalue weighted by Crippen LogP contribution is 2.35. The van der Waals surface area contributed by atoms with Crippen LogP contribution in [0.4, 0.5) is 0 Å². The van der Waals surface area contributed by atoms with Crippen molar-refractivity contribution in [3.63, 3.8) is 0 Å². The fourth-order valence-corrected chi connectivity index (χ4v) is 4.25. The summed E-state index contributed by atoms with van der Waals surface area (Å²) in [6, 6.07) is 16.9. The lowest BCUT2D eigenvalue weighted by Gasteiger charge is -2.00. The summed E-state index contributed by atoms with van der Waals surface area (Å²) in [4.78, 5) is 15.9. The lowest BCUT2D eigenvalue weighted by atomic mass is 10.2. The molecule has 4 rings (SSSR count). The van der Waals surface area contributed by atoms with E-state index in [-0.39, 0.29) is 5.91 Å². The largest absolute Gasteiger partial charge is 0.278 e. The summed E-state index contributed by atoms with van der Waals surface area (Å²) in [7, 11) is 0. The number of thiophene rings is 2. The first-order valence-corrected chi connectivity index (χ1v) is 9.28. The molecular weight excluding hydrogens is 360 g/mol. The zero-order valence-electron chi connectivity index (χ0n) is 12.3. The van der Waals surface area contributed by atoms with Crippen LogP contribution in [0.5, 0.6) is 0 Å². The Labute approximate surface area is 151 Å². The van der Waals surface area contributed by atoms with Gasteiger partial charge in [-0.25, -0.2) is 4.68 Å². The smallest absolute Gasteiger partial charge is 0.267 e. The van der Waals surface area contributed by atoms with Gasteiger partial charge in [-0.3, -0.25) is 4.79 Å². The van der Waals surface area contributed by atoms with Crippen LogP contribution in [0.1, 0.15) is 10.4 Å². The van der Waals surface area contributed by atoms with Gasteiger partial charge in [0.2, 0.25) is 0 Å². The van der Waals surface area contributed by atoms with Crippen LogP contribution in [0.25, 0.3) is 20.3 Å². The van der Waals surface area contributed by atoms with Crippen LogP contribution in [0.3, 0.4) is 0 Å². The van der Waals surface area contributed by atoms with E-state index in [1.165, 1.54) is 14.4 Å². The first-order valence-electron chi connectivity index (χ1n) is 7.21.